The lowest BCUT2D eigenvalue weighted by atomic mass is 10.0. The van der Waals surface area contributed by atoms with Gasteiger partial charge < -0.3 is 15.1 Å². The standard InChI is InChI=1S/C18H23N3O3/c1-12(2)14-3-5-15(6-4-14)21-10-16(23)17(19-21)18(24)20-8-7-13(9-20)11-22/h3-6,10,12-13,22-23H,7-9,11H2,1-2H3. The van der Waals surface area contributed by atoms with Crippen molar-refractivity contribution in [2.75, 3.05) is 19.7 Å². The average molecular weight is 329 g/mol. The SMILES string of the molecule is CC(C)c1ccc(-n2cc(O)c(C(=O)N3CCC(CO)C3)n2)cc1. The van der Waals surface area contributed by atoms with Gasteiger partial charge in [-0.25, -0.2) is 4.68 Å². The molecule has 0 saturated carbocycles. The van der Waals surface area contributed by atoms with E-state index < -0.39 is 0 Å². The van der Waals surface area contributed by atoms with Crippen molar-refractivity contribution in [1.82, 2.24) is 14.7 Å². The molecule has 1 amide bonds. The van der Waals surface area contributed by atoms with Gasteiger partial charge in [-0.3, -0.25) is 4.79 Å². The van der Waals surface area contributed by atoms with Gasteiger partial charge in [0.05, 0.1) is 11.9 Å². The largest absolute Gasteiger partial charge is 0.504 e. The Kier molecular flexibility index (Phi) is 4.57. The summed E-state index contributed by atoms with van der Waals surface area (Å²) < 4.78 is 1.52. The highest BCUT2D eigenvalue weighted by molar-refractivity contribution is 5.95. The van der Waals surface area contributed by atoms with Gasteiger partial charge in [0.1, 0.15) is 0 Å². The van der Waals surface area contributed by atoms with E-state index in [0.29, 0.717) is 19.0 Å². The van der Waals surface area contributed by atoms with Crippen LogP contribution in [0.5, 0.6) is 5.75 Å². The minimum Gasteiger partial charge on any atom is -0.504 e. The molecule has 3 rings (SSSR count). The highest BCUT2D eigenvalue weighted by Crippen LogP contribution is 2.24. The van der Waals surface area contributed by atoms with Gasteiger partial charge in [0.2, 0.25) is 0 Å². The topological polar surface area (TPSA) is 78.6 Å². The van der Waals surface area contributed by atoms with Crippen LogP contribution in [0.2, 0.25) is 0 Å². The molecular formula is C18H23N3O3. The van der Waals surface area contributed by atoms with E-state index in [0.717, 1.165) is 12.1 Å². The second-order valence-corrected chi connectivity index (χ2v) is 6.64. The normalized spacial score (nSPS) is 17.7. The molecule has 1 fully saturated rings. The monoisotopic (exact) mass is 329 g/mol. The van der Waals surface area contributed by atoms with Crippen LogP contribution in [0.3, 0.4) is 0 Å². The third-order valence-electron chi connectivity index (χ3n) is 4.55. The molecule has 6 heteroatoms. The lowest BCUT2D eigenvalue weighted by Gasteiger charge is -2.14. The van der Waals surface area contributed by atoms with E-state index in [1.54, 1.807) is 4.90 Å². The molecule has 1 unspecified atom stereocenters. The summed E-state index contributed by atoms with van der Waals surface area (Å²) in [6.45, 7) is 5.42. The molecule has 128 valence electrons. The molecule has 6 nitrogen and oxygen atoms in total. The average Bonchev–Trinajstić information content (AvgIpc) is 3.21. The van der Waals surface area contributed by atoms with Crippen LogP contribution in [0, 0.1) is 5.92 Å². The summed E-state index contributed by atoms with van der Waals surface area (Å²) in [4.78, 5) is 14.2. The zero-order chi connectivity index (χ0) is 17.3. The summed E-state index contributed by atoms with van der Waals surface area (Å²) in [6, 6.07) is 7.89. The van der Waals surface area contributed by atoms with E-state index in [2.05, 4.69) is 18.9 Å². The van der Waals surface area contributed by atoms with Gasteiger partial charge in [-0.2, -0.15) is 5.10 Å². The van der Waals surface area contributed by atoms with E-state index in [1.807, 2.05) is 24.3 Å². The number of aliphatic hydroxyl groups is 1. The second-order valence-electron chi connectivity index (χ2n) is 6.64. The number of aromatic hydroxyl groups is 1. The molecule has 24 heavy (non-hydrogen) atoms. The molecule has 0 radical (unpaired) electrons. The first kappa shape index (κ1) is 16.5. The van der Waals surface area contributed by atoms with Gasteiger partial charge in [-0.1, -0.05) is 26.0 Å². The Hall–Kier alpha value is -2.34. The van der Waals surface area contributed by atoms with E-state index in [1.165, 1.54) is 16.4 Å². The number of aliphatic hydroxyl groups excluding tert-OH is 1. The number of hydrogen-bond donors (Lipinski definition) is 2. The van der Waals surface area contributed by atoms with Crippen molar-refractivity contribution in [2.45, 2.75) is 26.2 Å². The zero-order valence-corrected chi connectivity index (χ0v) is 14.0. The molecule has 1 aliphatic rings. The maximum atomic E-state index is 12.5. The molecule has 1 saturated heterocycles. The molecule has 0 aliphatic carbocycles. The first-order valence-corrected chi connectivity index (χ1v) is 8.28. The summed E-state index contributed by atoms with van der Waals surface area (Å²) in [6.07, 6.45) is 2.23. The Morgan fingerprint density at radius 3 is 2.62 bits per heavy atom. The predicted molar refractivity (Wildman–Crippen MR) is 90.4 cm³/mol. The van der Waals surface area contributed by atoms with Crippen molar-refractivity contribution in [1.29, 1.82) is 0 Å². The van der Waals surface area contributed by atoms with Gasteiger partial charge in [0, 0.05) is 25.6 Å². The highest BCUT2D eigenvalue weighted by atomic mass is 16.3. The number of amides is 1. The Morgan fingerprint density at radius 2 is 2.04 bits per heavy atom. The summed E-state index contributed by atoms with van der Waals surface area (Å²) >= 11 is 0. The van der Waals surface area contributed by atoms with Crippen molar-refractivity contribution in [3.05, 3.63) is 41.7 Å². The van der Waals surface area contributed by atoms with Crippen molar-refractivity contribution in [3.63, 3.8) is 0 Å². The molecule has 2 heterocycles. The van der Waals surface area contributed by atoms with Gasteiger partial charge in [-0.15, -0.1) is 0 Å². The van der Waals surface area contributed by atoms with E-state index in [9.17, 15) is 15.0 Å². The molecule has 2 aromatic rings. The van der Waals surface area contributed by atoms with Crippen LogP contribution in [-0.4, -0.2) is 50.5 Å². The van der Waals surface area contributed by atoms with Crippen LogP contribution in [0.1, 0.15) is 42.2 Å². The summed E-state index contributed by atoms with van der Waals surface area (Å²) in [7, 11) is 0. The molecule has 1 aromatic carbocycles. The lowest BCUT2D eigenvalue weighted by molar-refractivity contribution is 0.0772. The fraction of sp³-hybridized carbons (Fsp3) is 0.444. The number of rotatable bonds is 4. The number of aromatic nitrogens is 2. The third-order valence-corrected chi connectivity index (χ3v) is 4.55. The number of hydrogen-bond acceptors (Lipinski definition) is 4. The Bertz CT molecular complexity index is 722. The van der Waals surface area contributed by atoms with Crippen molar-refractivity contribution < 1.29 is 15.0 Å². The minimum atomic E-state index is -0.291. The summed E-state index contributed by atoms with van der Waals surface area (Å²) in [5.74, 6) is 0.139. The Labute approximate surface area is 141 Å². The first-order chi connectivity index (χ1) is 11.5. The fourth-order valence-electron chi connectivity index (χ4n) is 2.98. The maximum Gasteiger partial charge on any atom is 0.278 e. The highest BCUT2D eigenvalue weighted by Gasteiger charge is 2.29. The van der Waals surface area contributed by atoms with Crippen LogP contribution in [0.15, 0.2) is 30.5 Å². The molecule has 0 spiro atoms. The maximum absolute atomic E-state index is 12.5. The predicted octanol–water partition coefficient (Wildman–Crippen LogP) is 2.16. The van der Waals surface area contributed by atoms with E-state index >= 15 is 0 Å². The molecular weight excluding hydrogens is 306 g/mol. The lowest BCUT2D eigenvalue weighted by Crippen LogP contribution is -2.29. The number of carbonyl (C=O) groups is 1. The summed E-state index contributed by atoms with van der Waals surface area (Å²) in [5, 5.41) is 23.6. The van der Waals surface area contributed by atoms with Crippen LogP contribution in [0.25, 0.3) is 5.69 Å². The van der Waals surface area contributed by atoms with Crippen LogP contribution in [-0.2, 0) is 0 Å². The first-order valence-electron chi connectivity index (χ1n) is 8.28. The van der Waals surface area contributed by atoms with Gasteiger partial charge in [-0.05, 0) is 30.0 Å². The number of likely N-dealkylation sites (tertiary alicyclic amines) is 1. The number of nitrogens with zero attached hydrogens (tertiary/aromatic N) is 3. The van der Waals surface area contributed by atoms with Crippen molar-refractivity contribution >= 4 is 5.91 Å². The van der Waals surface area contributed by atoms with Gasteiger partial charge in [0.25, 0.3) is 5.91 Å². The molecule has 2 N–H and O–H groups in total. The van der Waals surface area contributed by atoms with Crippen LogP contribution in [0.4, 0.5) is 0 Å². The zero-order valence-electron chi connectivity index (χ0n) is 14.0. The van der Waals surface area contributed by atoms with Gasteiger partial charge >= 0.3 is 0 Å². The van der Waals surface area contributed by atoms with Crippen LogP contribution >= 0.6 is 0 Å². The molecule has 1 aliphatic heterocycles. The molecule has 0 bridgehead atoms. The summed E-state index contributed by atoms with van der Waals surface area (Å²) in [5.41, 5.74) is 2.07. The third kappa shape index (κ3) is 3.14. The van der Waals surface area contributed by atoms with Crippen molar-refractivity contribution in [2.24, 2.45) is 5.92 Å². The second kappa shape index (κ2) is 6.65. The molecule has 1 aromatic heterocycles. The van der Waals surface area contributed by atoms with Gasteiger partial charge in [0.15, 0.2) is 11.4 Å². The Morgan fingerprint density at radius 1 is 1.33 bits per heavy atom. The minimum absolute atomic E-state index is 0.0570. The van der Waals surface area contributed by atoms with E-state index in [4.69, 9.17) is 0 Å². The number of carbonyl (C=O) groups excluding carboxylic acids is 1. The van der Waals surface area contributed by atoms with E-state index in [-0.39, 0.29) is 29.9 Å². The quantitative estimate of drug-likeness (QED) is 0.901. The Balaban J connectivity index is 1.81. The van der Waals surface area contributed by atoms with Crippen LogP contribution < -0.4 is 0 Å². The van der Waals surface area contributed by atoms with Crippen molar-refractivity contribution in [3.8, 4) is 11.4 Å². The fourth-order valence-corrected chi connectivity index (χ4v) is 2.98. The molecule has 1 atom stereocenters. The smallest absolute Gasteiger partial charge is 0.278 e. The number of benzene rings is 1.